The number of carbonyl (C=O) groups is 6. The number of hydrogen-bond acceptors (Lipinski definition) is 8. The van der Waals surface area contributed by atoms with Gasteiger partial charge in [-0.25, -0.2) is 4.98 Å². The number of aromatic nitrogens is 1. The second kappa shape index (κ2) is 10.9. The fourth-order valence-corrected chi connectivity index (χ4v) is 4.53. The molecule has 1 unspecified atom stereocenters. The number of carbonyl (C=O) groups excluding carboxylic acids is 6. The van der Waals surface area contributed by atoms with Crippen LogP contribution in [-0.2, 0) is 14.4 Å². The van der Waals surface area contributed by atoms with Crippen molar-refractivity contribution in [3.8, 4) is 0 Å². The van der Waals surface area contributed by atoms with Crippen LogP contribution in [0.15, 0.2) is 60.8 Å². The fraction of sp³-hybridized carbons (Fsp3) is 0.148. The molecule has 1 atom stereocenters. The van der Waals surface area contributed by atoms with E-state index in [1.807, 2.05) is 0 Å². The van der Waals surface area contributed by atoms with E-state index in [-0.39, 0.29) is 41.8 Å². The fourth-order valence-electron chi connectivity index (χ4n) is 4.42. The first-order chi connectivity index (χ1) is 19.2. The van der Waals surface area contributed by atoms with Crippen LogP contribution >= 0.6 is 11.6 Å². The summed E-state index contributed by atoms with van der Waals surface area (Å²) < 4.78 is 0. The summed E-state index contributed by atoms with van der Waals surface area (Å²) in [5.41, 5.74) is 1.01. The summed E-state index contributed by atoms with van der Waals surface area (Å²) in [6, 6.07) is 12.9. The molecule has 3 heterocycles. The second-order valence-electron chi connectivity index (χ2n) is 8.97. The van der Waals surface area contributed by atoms with Crippen LogP contribution < -0.4 is 21.3 Å². The normalized spacial score (nSPS) is 16.3. The number of amides is 6. The highest BCUT2D eigenvalue weighted by Gasteiger charge is 2.45. The van der Waals surface area contributed by atoms with Gasteiger partial charge >= 0.3 is 0 Å². The number of benzene rings is 2. The molecule has 1 saturated heterocycles. The van der Waals surface area contributed by atoms with Crippen molar-refractivity contribution in [3.63, 3.8) is 0 Å². The molecule has 0 spiro atoms. The lowest BCUT2D eigenvalue weighted by atomic mass is 10.0. The van der Waals surface area contributed by atoms with Crippen LogP contribution in [0, 0.1) is 0 Å². The standard InChI is InChI=1S/C27H21ClN6O6/c28-15-7-9-20(30-12-15)32-24(37)14-3-1-4-16(11-14)31-22(36)13-29-18-6-2-5-17-23(18)27(40)34(26(17)39)19-8-10-21(35)33-25(19)38/h1-7,9,11-12,19,29H,8,10,13H2,(H,31,36)(H,30,32,37)(H,33,35,38). The number of nitrogens with one attached hydrogen (secondary N) is 4. The van der Waals surface area contributed by atoms with Gasteiger partial charge in [-0.2, -0.15) is 0 Å². The van der Waals surface area contributed by atoms with Crippen molar-refractivity contribution in [2.45, 2.75) is 18.9 Å². The highest BCUT2D eigenvalue weighted by molar-refractivity contribution is 6.30. The van der Waals surface area contributed by atoms with E-state index in [4.69, 9.17) is 11.6 Å². The van der Waals surface area contributed by atoms with Crippen LogP contribution in [0.3, 0.4) is 0 Å². The van der Waals surface area contributed by atoms with Crippen molar-refractivity contribution < 1.29 is 28.8 Å². The van der Waals surface area contributed by atoms with E-state index >= 15 is 0 Å². The molecule has 2 aliphatic rings. The van der Waals surface area contributed by atoms with Crippen molar-refractivity contribution in [3.05, 3.63) is 82.5 Å². The zero-order valence-corrected chi connectivity index (χ0v) is 21.4. The maximum Gasteiger partial charge on any atom is 0.264 e. The molecule has 13 heteroatoms. The molecule has 3 aromatic rings. The van der Waals surface area contributed by atoms with E-state index in [0.717, 1.165) is 4.90 Å². The van der Waals surface area contributed by atoms with Crippen LogP contribution in [-0.4, -0.2) is 57.9 Å². The van der Waals surface area contributed by atoms with Gasteiger partial charge in [-0.15, -0.1) is 0 Å². The second-order valence-corrected chi connectivity index (χ2v) is 9.41. The largest absolute Gasteiger partial charge is 0.375 e. The molecular formula is C27H21ClN6O6. The van der Waals surface area contributed by atoms with Crippen LogP contribution in [0.1, 0.15) is 43.9 Å². The average Bonchev–Trinajstić information content (AvgIpc) is 3.19. The number of pyridine rings is 1. The van der Waals surface area contributed by atoms with Crippen LogP contribution in [0.25, 0.3) is 0 Å². The number of hydrogen-bond donors (Lipinski definition) is 4. The maximum absolute atomic E-state index is 13.2. The van der Waals surface area contributed by atoms with Crippen LogP contribution in [0.4, 0.5) is 17.2 Å². The lowest BCUT2D eigenvalue weighted by Gasteiger charge is -2.27. The molecule has 4 N–H and O–H groups in total. The van der Waals surface area contributed by atoms with Gasteiger partial charge in [0.15, 0.2) is 0 Å². The van der Waals surface area contributed by atoms with E-state index in [1.165, 1.54) is 18.3 Å². The van der Waals surface area contributed by atoms with E-state index in [1.54, 1.807) is 42.5 Å². The summed E-state index contributed by atoms with van der Waals surface area (Å²) in [5.74, 6) is -3.11. The molecule has 5 rings (SSSR count). The number of nitrogens with zero attached hydrogens (tertiary/aromatic N) is 2. The number of halogens is 1. The van der Waals surface area contributed by atoms with Crippen molar-refractivity contribution in [1.29, 1.82) is 0 Å². The Morgan fingerprint density at radius 1 is 1.00 bits per heavy atom. The van der Waals surface area contributed by atoms with Gasteiger partial charge in [0.05, 0.1) is 22.7 Å². The van der Waals surface area contributed by atoms with Gasteiger partial charge < -0.3 is 16.0 Å². The number of rotatable bonds is 7. The van der Waals surface area contributed by atoms with E-state index in [0.29, 0.717) is 16.5 Å². The number of anilines is 3. The summed E-state index contributed by atoms with van der Waals surface area (Å²) in [5, 5.41) is 10.8. The highest BCUT2D eigenvalue weighted by Crippen LogP contribution is 2.32. The van der Waals surface area contributed by atoms with Gasteiger partial charge in [0.25, 0.3) is 17.7 Å². The van der Waals surface area contributed by atoms with Crippen molar-refractivity contribution in [2.75, 3.05) is 22.5 Å². The molecule has 6 amide bonds. The first-order valence-corrected chi connectivity index (χ1v) is 12.5. The smallest absolute Gasteiger partial charge is 0.264 e. The van der Waals surface area contributed by atoms with Crippen molar-refractivity contribution in [1.82, 2.24) is 15.2 Å². The maximum atomic E-state index is 13.2. The molecular weight excluding hydrogens is 540 g/mol. The minimum absolute atomic E-state index is 0.00989. The summed E-state index contributed by atoms with van der Waals surface area (Å²) in [4.78, 5) is 80.1. The number of imide groups is 2. The van der Waals surface area contributed by atoms with Crippen molar-refractivity contribution >= 4 is 64.2 Å². The summed E-state index contributed by atoms with van der Waals surface area (Å²) >= 11 is 5.81. The Kier molecular flexibility index (Phi) is 7.25. The Hall–Kier alpha value is -5.10. The Balaban J connectivity index is 1.23. The molecule has 1 aromatic heterocycles. The predicted octanol–water partition coefficient (Wildman–Crippen LogP) is 2.44. The van der Waals surface area contributed by atoms with Gasteiger partial charge in [0, 0.05) is 29.6 Å². The third-order valence-corrected chi connectivity index (χ3v) is 6.51. The zero-order chi connectivity index (χ0) is 28.4. The van der Waals surface area contributed by atoms with E-state index in [9.17, 15) is 28.8 Å². The molecule has 0 saturated carbocycles. The molecule has 0 bridgehead atoms. The van der Waals surface area contributed by atoms with Crippen LogP contribution in [0.5, 0.6) is 0 Å². The van der Waals surface area contributed by atoms with Gasteiger partial charge in [0.1, 0.15) is 11.9 Å². The Labute approximate surface area is 232 Å². The number of piperidine rings is 1. The average molecular weight is 561 g/mol. The molecule has 40 heavy (non-hydrogen) atoms. The van der Waals surface area contributed by atoms with Gasteiger partial charge in [-0.3, -0.25) is 39.0 Å². The van der Waals surface area contributed by atoms with Gasteiger partial charge in [0.2, 0.25) is 17.7 Å². The predicted molar refractivity (Wildman–Crippen MR) is 144 cm³/mol. The topological polar surface area (TPSA) is 167 Å². The first kappa shape index (κ1) is 26.5. The summed E-state index contributed by atoms with van der Waals surface area (Å²) in [6.45, 7) is -0.262. The van der Waals surface area contributed by atoms with Gasteiger partial charge in [-0.05, 0) is 48.9 Å². The summed E-state index contributed by atoms with van der Waals surface area (Å²) in [6.07, 6.45) is 1.45. The Bertz CT molecular complexity index is 1570. The molecule has 2 aliphatic heterocycles. The zero-order valence-electron chi connectivity index (χ0n) is 20.7. The number of fused-ring (bicyclic) bond motifs is 1. The molecule has 2 aromatic carbocycles. The lowest BCUT2D eigenvalue weighted by molar-refractivity contribution is -0.136. The third kappa shape index (κ3) is 5.38. The van der Waals surface area contributed by atoms with E-state index in [2.05, 4.69) is 26.3 Å². The van der Waals surface area contributed by atoms with E-state index < -0.39 is 41.5 Å². The van der Waals surface area contributed by atoms with Crippen LogP contribution in [0.2, 0.25) is 5.02 Å². The summed E-state index contributed by atoms with van der Waals surface area (Å²) in [7, 11) is 0. The monoisotopic (exact) mass is 560 g/mol. The van der Waals surface area contributed by atoms with Crippen molar-refractivity contribution in [2.24, 2.45) is 0 Å². The lowest BCUT2D eigenvalue weighted by Crippen LogP contribution is -2.54. The first-order valence-electron chi connectivity index (χ1n) is 12.1. The third-order valence-electron chi connectivity index (χ3n) is 6.29. The minimum atomic E-state index is -1.10. The quantitative estimate of drug-likeness (QED) is 0.320. The highest BCUT2D eigenvalue weighted by atomic mass is 35.5. The molecule has 1 fully saturated rings. The molecule has 12 nitrogen and oxygen atoms in total. The SMILES string of the molecule is O=C1CCC(N2C(=O)c3cccc(NCC(=O)Nc4cccc(C(=O)Nc5ccc(Cl)cn5)c4)c3C2=O)C(=O)N1. The molecule has 202 valence electrons. The Morgan fingerprint density at radius 3 is 2.55 bits per heavy atom. The molecule has 0 radical (unpaired) electrons. The minimum Gasteiger partial charge on any atom is -0.375 e. The molecule has 0 aliphatic carbocycles. The van der Waals surface area contributed by atoms with Gasteiger partial charge in [-0.1, -0.05) is 23.7 Å². The Morgan fingerprint density at radius 2 is 1.80 bits per heavy atom.